The van der Waals surface area contributed by atoms with Crippen molar-refractivity contribution in [2.75, 3.05) is 11.9 Å². The van der Waals surface area contributed by atoms with E-state index in [0.717, 1.165) is 18.2 Å². The van der Waals surface area contributed by atoms with Gasteiger partial charge in [0, 0.05) is 23.7 Å². The van der Waals surface area contributed by atoms with Crippen LogP contribution in [0.5, 0.6) is 0 Å². The Labute approximate surface area is 173 Å². The lowest BCUT2D eigenvalue weighted by molar-refractivity contribution is -0.137. The Morgan fingerprint density at radius 2 is 1.71 bits per heavy atom. The van der Waals surface area contributed by atoms with Gasteiger partial charge in [-0.25, -0.2) is 18.7 Å². The van der Waals surface area contributed by atoms with E-state index >= 15 is 0 Å². The van der Waals surface area contributed by atoms with E-state index < -0.39 is 23.4 Å². The summed E-state index contributed by atoms with van der Waals surface area (Å²) in [5, 5.41) is 3.71. The van der Waals surface area contributed by atoms with Crippen LogP contribution in [-0.4, -0.2) is 21.5 Å². The van der Waals surface area contributed by atoms with E-state index in [1.165, 1.54) is 36.8 Å². The van der Waals surface area contributed by atoms with Crippen molar-refractivity contribution < 1.29 is 22.0 Å². The minimum Gasteiger partial charge on any atom is -0.369 e. The fourth-order valence-corrected chi connectivity index (χ4v) is 3.23. The maximum atomic E-state index is 13.3. The number of halogens is 5. The molecule has 4 rings (SSSR count). The van der Waals surface area contributed by atoms with Crippen molar-refractivity contribution in [2.24, 2.45) is 0 Å². The van der Waals surface area contributed by atoms with E-state index in [1.54, 1.807) is 6.07 Å². The molecule has 0 saturated heterocycles. The molecule has 2 aromatic carbocycles. The topological polar surface area (TPSA) is 50.7 Å². The molecule has 0 saturated carbocycles. The highest BCUT2D eigenvalue weighted by molar-refractivity contribution is 5.91. The van der Waals surface area contributed by atoms with Gasteiger partial charge in [-0.05, 0) is 48.4 Å². The first kappa shape index (κ1) is 20.6. The second-order valence-corrected chi connectivity index (χ2v) is 6.78. The van der Waals surface area contributed by atoms with E-state index in [1.807, 2.05) is 0 Å². The van der Waals surface area contributed by atoms with Gasteiger partial charge >= 0.3 is 6.18 Å². The lowest BCUT2D eigenvalue weighted by Gasteiger charge is -2.13. The van der Waals surface area contributed by atoms with Crippen LogP contribution < -0.4 is 5.32 Å². The summed E-state index contributed by atoms with van der Waals surface area (Å²) in [6.07, 6.45) is -1.50. The number of alkyl halides is 3. The van der Waals surface area contributed by atoms with Crippen LogP contribution in [-0.2, 0) is 12.6 Å². The van der Waals surface area contributed by atoms with Crippen molar-refractivity contribution in [1.29, 1.82) is 0 Å². The molecule has 4 nitrogen and oxygen atoms in total. The predicted octanol–water partition coefficient (Wildman–Crippen LogP) is 5.64. The quantitative estimate of drug-likeness (QED) is 0.416. The molecule has 31 heavy (non-hydrogen) atoms. The number of anilines is 1. The second kappa shape index (κ2) is 8.25. The van der Waals surface area contributed by atoms with Crippen LogP contribution in [0.3, 0.4) is 0 Å². The summed E-state index contributed by atoms with van der Waals surface area (Å²) in [6.45, 7) is 0.386. The zero-order chi connectivity index (χ0) is 22.0. The smallest absolute Gasteiger partial charge is 0.369 e. The second-order valence-electron chi connectivity index (χ2n) is 6.78. The van der Waals surface area contributed by atoms with Crippen LogP contribution in [0.4, 0.5) is 27.8 Å². The zero-order valence-corrected chi connectivity index (χ0v) is 15.9. The molecule has 0 atom stereocenters. The van der Waals surface area contributed by atoms with Crippen molar-refractivity contribution in [1.82, 2.24) is 15.0 Å². The van der Waals surface area contributed by atoms with Crippen LogP contribution >= 0.6 is 0 Å². The molecule has 9 heteroatoms. The fraction of sp³-hybridized carbons (Fsp3) is 0.136. The van der Waals surface area contributed by atoms with Crippen LogP contribution in [0.15, 0.2) is 61.1 Å². The van der Waals surface area contributed by atoms with Crippen molar-refractivity contribution in [3.05, 3.63) is 83.8 Å². The summed E-state index contributed by atoms with van der Waals surface area (Å²) in [6, 6.07) is 10.6. The third kappa shape index (κ3) is 4.45. The number of rotatable bonds is 5. The first-order valence-corrected chi connectivity index (χ1v) is 9.28. The van der Waals surface area contributed by atoms with Gasteiger partial charge in [0.25, 0.3) is 0 Å². The Kier molecular flexibility index (Phi) is 5.50. The summed E-state index contributed by atoms with van der Waals surface area (Å²) in [4.78, 5) is 12.2. The minimum absolute atomic E-state index is 0.177. The Balaban J connectivity index is 1.58. The maximum absolute atomic E-state index is 13.3. The number of pyridine rings is 1. The average molecular weight is 430 g/mol. The number of benzene rings is 2. The average Bonchev–Trinajstić information content (AvgIpc) is 2.75. The number of hydrogen-bond donors (Lipinski definition) is 1. The van der Waals surface area contributed by atoms with E-state index in [4.69, 9.17) is 0 Å². The van der Waals surface area contributed by atoms with Crippen molar-refractivity contribution >= 4 is 16.7 Å². The molecule has 0 spiro atoms. The van der Waals surface area contributed by atoms with Gasteiger partial charge in [-0.15, -0.1) is 0 Å². The Bertz CT molecular complexity index is 1240. The molecule has 158 valence electrons. The van der Waals surface area contributed by atoms with E-state index in [9.17, 15) is 22.0 Å². The van der Waals surface area contributed by atoms with Gasteiger partial charge in [0.1, 0.15) is 12.1 Å². The molecule has 1 N–H and O–H groups in total. The predicted molar refractivity (Wildman–Crippen MR) is 106 cm³/mol. The summed E-state index contributed by atoms with van der Waals surface area (Å²) >= 11 is 0. The van der Waals surface area contributed by atoms with Gasteiger partial charge in [0.05, 0.1) is 16.8 Å². The Hall–Kier alpha value is -3.62. The normalized spacial score (nSPS) is 11.6. The largest absolute Gasteiger partial charge is 0.418 e. The molecule has 2 aromatic heterocycles. The third-order valence-corrected chi connectivity index (χ3v) is 4.71. The summed E-state index contributed by atoms with van der Waals surface area (Å²) in [7, 11) is 0. The molecule has 0 bridgehead atoms. The van der Waals surface area contributed by atoms with E-state index in [2.05, 4.69) is 20.3 Å². The van der Waals surface area contributed by atoms with Gasteiger partial charge in [0.2, 0.25) is 0 Å². The molecule has 0 amide bonds. The number of nitrogens with one attached hydrogen (secondary N) is 1. The lowest BCUT2D eigenvalue weighted by atomic mass is 10.0. The summed E-state index contributed by atoms with van der Waals surface area (Å²) < 4.78 is 66.3. The summed E-state index contributed by atoms with van der Waals surface area (Å²) in [5.74, 6) is -1.34. The number of aromatic nitrogens is 3. The third-order valence-electron chi connectivity index (χ3n) is 4.71. The van der Waals surface area contributed by atoms with Gasteiger partial charge < -0.3 is 5.32 Å². The zero-order valence-electron chi connectivity index (χ0n) is 15.9. The van der Waals surface area contributed by atoms with Crippen LogP contribution in [0.1, 0.15) is 11.1 Å². The molecular weight excluding hydrogens is 415 g/mol. The van der Waals surface area contributed by atoms with Crippen molar-refractivity contribution in [2.45, 2.75) is 12.6 Å². The number of fused-ring (bicyclic) bond motifs is 1. The van der Waals surface area contributed by atoms with Gasteiger partial charge in [0.15, 0.2) is 11.6 Å². The lowest BCUT2D eigenvalue weighted by Crippen LogP contribution is -2.08. The highest BCUT2D eigenvalue weighted by Crippen LogP contribution is 2.36. The van der Waals surface area contributed by atoms with E-state index in [0.29, 0.717) is 35.2 Å². The molecule has 0 aliphatic heterocycles. The fourth-order valence-electron chi connectivity index (χ4n) is 3.23. The van der Waals surface area contributed by atoms with E-state index in [-0.39, 0.29) is 11.3 Å². The van der Waals surface area contributed by atoms with Crippen molar-refractivity contribution in [3.8, 4) is 11.3 Å². The number of hydrogen-bond acceptors (Lipinski definition) is 4. The first-order chi connectivity index (χ1) is 14.8. The molecule has 2 heterocycles. The molecule has 0 unspecified atom stereocenters. The Morgan fingerprint density at radius 1 is 0.871 bits per heavy atom. The molecule has 0 aliphatic carbocycles. The highest BCUT2D eigenvalue weighted by Gasteiger charge is 2.34. The first-order valence-electron chi connectivity index (χ1n) is 9.28. The molecule has 0 fully saturated rings. The molecule has 4 aromatic rings. The highest BCUT2D eigenvalue weighted by atomic mass is 19.4. The molecular formula is C22H15F5N4. The van der Waals surface area contributed by atoms with Crippen LogP contribution in [0, 0.1) is 11.6 Å². The van der Waals surface area contributed by atoms with Crippen LogP contribution in [0.25, 0.3) is 22.2 Å². The molecule has 0 radical (unpaired) electrons. The molecule has 0 aliphatic rings. The minimum atomic E-state index is -4.53. The Morgan fingerprint density at radius 3 is 2.48 bits per heavy atom. The maximum Gasteiger partial charge on any atom is 0.418 e. The number of nitrogens with zero attached hydrogens (tertiary/aromatic N) is 3. The van der Waals surface area contributed by atoms with Gasteiger partial charge in [-0.1, -0.05) is 12.1 Å². The van der Waals surface area contributed by atoms with Crippen LogP contribution in [0.2, 0.25) is 0 Å². The van der Waals surface area contributed by atoms with Gasteiger partial charge in [-0.3, -0.25) is 4.98 Å². The summed E-state index contributed by atoms with van der Waals surface area (Å²) in [5.41, 5.74) is 0.340. The monoisotopic (exact) mass is 430 g/mol. The van der Waals surface area contributed by atoms with Crippen molar-refractivity contribution in [3.63, 3.8) is 0 Å². The SMILES string of the molecule is Fc1ccc(CCNc2ncnc3cc(-c4ncccc4C(F)(F)F)ccc23)cc1F. The van der Waals surface area contributed by atoms with Gasteiger partial charge in [-0.2, -0.15) is 13.2 Å². The standard InChI is InChI=1S/C22H15F5N4/c23-17-6-3-13(10-18(17)24)7-9-29-21-15-5-4-14(11-19(15)30-12-31-21)20-16(22(25,26)27)2-1-8-28-20/h1-6,8,10-12H,7,9H2,(H,29,30,31).